The van der Waals surface area contributed by atoms with Crippen molar-refractivity contribution in [3.05, 3.63) is 76.7 Å². The van der Waals surface area contributed by atoms with Crippen molar-refractivity contribution in [1.29, 1.82) is 0 Å². The summed E-state index contributed by atoms with van der Waals surface area (Å²) in [4.78, 5) is 19.8. The molecule has 2 amide bonds. The average Bonchev–Trinajstić information content (AvgIpc) is 3.21. The Hall–Kier alpha value is -3.35. The molecule has 1 saturated heterocycles. The van der Waals surface area contributed by atoms with Crippen LogP contribution < -0.4 is 9.80 Å². The minimum atomic E-state index is -0.174. The Morgan fingerprint density at radius 2 is 1.83 bits per heavy atom. The van der Waals surface area contributed by atoms with E-state index < -0.39 is 0 Å². The van der Waals surface area contributed by atoms with Crippen molar-refractivity contribution in [1.82, 2.24) is 14.7 Å². The van der Waals surface area contributed by atoms with Crippen LogP contribution in [0.5, 0.6) is 0 Å². The van der Waals surface area contributed by atoms with E-state index in [1.54, 1.807) is 10.7 Å². The molecular weight excluding hydrogens is 441 g/mol. The Morgan fingerprint density at radius 3 is 2.54 bits per heavy atom. The lowest BCUT2D eigenvalue weighted by molar-refractivity contribution is 0.159. The summed E-state index contributed by atoms with van der Waals surface area (Å²) >= 11 is 0. The first-order chi connectivity index (χ1) is 16.8. The van der Waals surface area contributed by atoms with Crippen molar-refractivity contribution in [3.8, 4) is 0 Å². The Kier molecular flexibility index (Phi) is 6.26. The fourth-order valence-electron chi connectivity index (χ4n) is 5.63. The number of halogens is 1. The predicted octanol–water partition coefficient (Wildman–Crippen LogP) is 5.60. The zero-order valence-electron chi connectivity index (χ0n) is 21.0. The molecular formula is C28H34FN5O. The van der Waals surface area contributed by atoms with Gasteiger partial charge in [-0.1, -0.05) is 50.2 Å². The topological polar surface area (TPSA) is 44.6 Å². The lowest BCUT2D eigenvalue weighted by Gasteiger charge is -2.43. The van der Waals surface area contributed by atoms with Gasteiger partial charge in [0.15, 0.2) is 5.82 Å². The molecule has 0 N–H and O–H groups in total. The second kappa shape index (κ2) is 9.36. The second-order valence-corrected chi connectivity index (χ2v) is 10.1. The van der Waals surface area contributed by atoms with Gasteiger partial charge < -0.3 is 9.80 Å². The van der Waals surface area contributed by atoms with E-state index in [1.807, 2.05) is 42.1 Å². The number of carbonyl (C=O) groups excluding carboxylic acids is 1. The van der Waals surface area contributed by atoms with E-state index in [-0.39, 0.29) is 17.9 Å². The number of nitrogens with zero attached hydrogens (tertiary/aromatic N) is 5. The average molecular weight is 476 g/mol. The standard InChI is InChI=1S/C28H34FN5O/c1-19(2)24-10-6-5-9-21(24)17-34-27-22(16-31(4)30-27)18-33(28(34)35)23-12-14-32(15-13-23)26-20(3)8-7-11-25(26)29/h5-11,16,19,23H,12-15,17-18H2,1-4H3. The molecule has 6 nitrogen and oxygen atoms in total. The van der Waals surface area contributed by atoms with E-state index in [0.717, 1.165) is 48.4 Å². The number of carbonyl (C=O) groups is 1. The van der Waals surface area contributed by atoms with Crippen LogP contribution in [0.3, 0.4) is 0 Å². The van der Waals surface area contributed by atoms with Crippen LogP contribution in [-0.2, 0) is 20.1 Å². The normalized spacial score (nSPS) is 16.9. The number of rotatable bonds is 5. The number of hydrogen-bond acceptors (Lipinski definition) is 3. The number of aryl methyl sites for hydroxylation is 2. The zero-order chi connectivity index (χ0) is 24.7. The fourth-order valence-corrected chi connectivity index (χ4v) is 5.63. The molecule has 0 unspecified atom stereocenters. The molecule has 184 valence electrons. The molecule has 35 heavy (non-hydrogen) atoms. The number of amides is 2. The summed E-state index contributed by atoms with van der Waals surface area (Å²) in [5, 5.41) is 4.65. The first-order valence-corrected chi connectivity index (χ1v) is 12.5. The molecule has 1 fully saturated rings. The Balaban J connectivity index is 1.38. The molecule has 2 aromatic carbocycles. The van der Waals surface area contributed by atoms with Gasteiger partial charge in [-0.3, -0.25) is 9.58 Å². The molecule has 0 radical (unpaired) electrons. The number of aromatic nitrogens is 2. The van der Waals surface area contributed by atoms with Crippen LogP contribution in [-0.4, -0.2) is 39.8 Å². The SMILES string of the molecule is Cc1cccc(F)c1N1CCC(N2Cc3cn(C)nc3N(Cc3ccccc3C(C)C)C2=O)CC1. The third-order valence-electron chi connectivity index (χ3n) is 7.37. The monoisotopic (exact) mass is 475 g/mol. The van der Waals surface area contributed by atoms with Crippen LogP contribution in [0.4, 0.5) is 20.7 Å². The summed E-state index contributed by atoms with van der Waals surface area (Å²) in [6.07, 6.45) is 3.64. The third-order valence-corrected chi connectivity index (χ3v) is 7.37. The summed E-state index contributed by atoms with van der Waals surface area (Å²) in [5.74, 6) is 0.954. The van der Waals surface area contributed by atoms with Gasteiger partial charge in [-0.2, -0.15) is 5.10 Å². The molecule has 0 saturated carbocycles. The van der Waals surface area contributed by atoms with Crippen LogP contribution >= 0.6 is 0 Å². The van der Waals surface area contributed by atoms with Gasteiger partial charge in [0.1, 0.15) is 5.82 Å². The molecule has 5 rings (SSSR count). The maximum absolute atomic E-state index is 14.5. The number of urea groups is 1. The van der Waals surface area contributed by atoms with Gasteiger partial charge in [0.2, 0.25) is 0 Å². The zero-order valence-corrected chi connectivity index (χ0v) is 21.0. The molecule has 2 aliphatic heterocycles. The molecule has 0 spiro atoms. The number of fused-ring (bicyclic) bond motifs is 1. The second-order valence-electron chi connectivity index (χ2n) is 10.1. The van der Waals surface area contributed by atoms with Gasteiger partial charge in [0.05, 0.1) is 18.8 Å². The van der Waals surface area contributed by atoms with Gasteiger partial charge in [0.25, 0.3) is 0 Å². The van der Waals surface area contributed by atoms with Crippen LogP contribution in [0.2, 0.25) is 0 Å². The number of anilines is 2. The van der Waals surface area contributed by atoms with Crippen molar-refractivity contribution < 1.29 is 9.18 Å². The van der Waals surface area contributed by atoms with Crippen LogP contribution in [0.15, 0.2) is 48.7 Å². The first-order valence-electron chi connectivity index (χ1n) is 12.5. The van der Waals surface area contributed by atoms with Gasteiger partial charge in [-0.15, -0.1) is 0 Å². The van der Waals surface area contributed by atoms with Crippen molar-refractivity contribution in [3.63, 3.8) is 0 Å². The lowest BCUT2D eigenvalue weighted by Crippen LogP contribution is -2.54. The number of benzene rings is 2. The van der Waals surface area contributed by atoms with Crippen molar-refractivity contribution >= 4 is 17.5 Å². The van der Waals surface area contributed by atoms with Gasteiger partial charge in [-0.25, -0.2) is 9.18 Å². The first kappa shape index (κ1) is 23.4. The quantitative estimate of drug-likeness (QED) is 0.482. The maximum Gasteiger partial charge on any atom is 0.326 e. The van der Waals surface area contributed by atoms with E-state index in [2.05, 4.69) is 42.0 Å². The smallest absolute Gasteiger partial charge is 0.326 e. The maximum atomic E-state index is 14.5. The summed E-state index contributed by atoms with van der Waals surface area (Å²) < 4.78 is 16.3. The van der Waals surface area contributed by atoms with E-state index in [9.17, 15) is 9.18 Å². The molecule has 7 heteroatoms. The highest BCUT2D eigenvalue weighted by atomic mass is 19.1. The highest BCUT2D eigenvalue weighted by Gasteiger charge is 2.38. The number of piperidine rings is 1. The highest BCUT2D eigenvalue weighted by molar-refractivity contribution is 5.94. The Bertz CT molecular complexity index is 1210. The van der Waals surface area contributed by atoms with Gasteiger partial charge in [0, 0.05) is 37.9 Å². The van der Waals surface area contributed by atoms with Gasteiger partial charge >= 0.3 is 6.03 Å². The summed E-state index contributed by atoms with van der Waals surface area (Å²) in [6, 6.07) is 13.7. The molecule has 1 aromatic heterocycles. The molecule has 0 aliphatic carbocycles. The third kappa shape index (κ3) is 4.40. The number of hydrogen-bond donors (Lipinski definition) is 0. The van der Waals surface area contributed by atoms with E-state index in [4.69, 9.17) is 0 Å². The minimum absolute atomic E-state index is 0.00952. The van der Waals surface area contributed by atoms with Gasteiger partial charge in [-0.05, 0) is 48.4 Å². The van der Waals surface area contributed by atoms with Crippen LogP contribution in [0.1, 0.15) is 54.9 Å². The van der Waals surface area contributed by atoms with Crippen LogP contribution in [0, 0.1) is 12.7 Å². The molecule has 2 aliphatic rings. The largest absolute Gasteiger partial charge is 0.369 e. The molecule has 3 aromatic rings. The number of para-hydroxylation sites is 1. The Morgan fingerprint density at radius 1 is 1.09 bits per heavy atom. The van der Waals surface area contributed by atoms with E-state index in [0.29, 0.717) is 24.7 Å². The predicted molar refractivity (Wildman–Crippen MR) is 137 cm³/mol. The van der Waals surface area contributed by atoms with Crippen molar-refractivity contribution in [2.75, 3.05) is 22.9 Å². The van der Waals surface area contributed by atoms with Crippen molar-refractivity contribution in [2.24, 2.45) is 7.05 Å². The lowest BCUT2D eigenvalue weighted by atomic mass is 9.96. The molecule has 3 heterocycles. The van der Waals surface area contributed by atoms with E-state index in [1.165, 1.54) is 11.6 Å². The summed E-state index contributed by atoms with van der Waals surface area (Å²) in [6.45, 7) is 8.84. The molecule has 0 bridgehead atoms. The van der Waals surface area contributed by atoms with E-state index >= 15 is 0 Å². The minimum Gasteiger partial charge on any atom is -0.369 e. The summed E-state index contributed by atoms with van der Waals surface area (Å²) in [5.41, 5.74) is 5.12. The van der Waals surface area contributed by atoms with Crippen molar-refractivity contribution in [2.45, 2.75) is 58.7 Å². The molecule has 0 atom stereocenters. The summed E-state index contributed by atoms with van der Waals surface area (Å²) in [7, 11) is 1.91. The Labute approximate surface area is 206 Å². The fraction of sp³-hybridized carbons (Fsp3) is 0.429. The van der Waals surface area contributed by atoms with Crippen LogP contribution in [0.25, 0.3) is 0 Å². The highest BCUT2D eigenvalue weighted by Crippen LogP contribution is 2.34.